The maximum Gasteiger partial charge on any atom is 0.252 e. The van der Waals surface area contributed by atoms with E-state index in [1.807, 2.05) is 12.1 Å². The maximum absolute atomic E-state index is 11.9. The average Bonchev–Trinajstić information content (AvgIpc) is 3.26. The lowest BCUT2D eigenvalue weighted by Crippen LogP contribution is -2.47. The molecule has 0 aliphatic carbocycles. The molecule has 4 rings (SSSR count). The Kier molecular flexibility index (Phi) is 5.29. The Morgan fingerprint density at radius 1 is 1.11 bits per heavy atom. The number of nitrogens with one attached hydrogen (secondary N) is 2. The predicted octanol–water partition coefficient (Wildman–Crippen LogP) is 1.90. The van der Waals surface area contributed by atoms with Crippen molar-refractivity contribution in [2.75, 3.05) is 44.2 Å². The first-order valence-corrected chi connectivity index (χ1v) is 9.39. The third-order valence-corrected chi connectivity index (χ3v) is 4.99. The lowest BCUT2D eigenvalue weighted by molar-refractivity contribution is 0.0951. The lowest BCUT2D eigenvalue weighted by Gasteiger charge is -2.36. The SMILES string of the molecule is O=C(NCCCN1CCN(c2cccc3nccnc23)CC1)c1cc[nH]c1. The first-order chi connectivity index (χ1) is 13.3. The summed E-state index contributed by atoms with van der Waals surface area (Å²) in [5.41, 5.74) is 3.76. The Hall–Kier alpha value is -2.93. The number of anilines is 1. The fourth-order valence-corrected chi connectivity index (χ4v) is 3.52. The normalized spacial score (nSPS) is 15.2. The second-order valence-electron chi connectivity index (χ2n) is 6.74. The highest BCUT2D eigenvalue weighted by Crippen LogP contribution is 2.24. The van der Waals surface area contributed by atoms with Crippen molar-refractivity contribution >= 4 is 22.6 Å². The monoisotopic (exact) mass is 364 g/mol. The van der Waals surface area contributed by atoms with Gasteiger partial charge in [0, 0.05) is 57.5 Å². The zero-order valence-corrected chi connectivity index (χ0v) is 15.3. The molecule has 2 aromatic heterocycles. The van der Waals surface area contributed by atoms with Crippen LogP contribution in [0.5, 0.6) is 0 Å². The standard InChI is InChI=1S/C20H24N6O/c27-20(16-5-7-21-15-16)24-6-2-10-25-11-13-26(14-12-25)18-4-1-3-17-19(18)23-9-8-22-17/h1,3-5,7-9,15,21H,2,6,10-14H2,(H,24,27). The number of amides is 1. The molecule has 0 radical (unpaired) electrons. The largest absolute Gasteiger partial charge is 0.367 e. The van der Waals surface area contributed by atoms with Crippen LogP contribution in [0, 0.1) is 0 Å². The van der Waals surface area contributed by atoms with E-state index in [0.29, 0.717) is 12.1 Å². The van der Waals surface area contributed by atoms with Gasteiger partial charge in [0.25, 0.3) is 5.91 Å². The zero-order chi connectivity index (χ0) is 18.5. The van der Waals surface area contributed by atoms with E-state index in [4.69, 9.17) is 0 Å². The summed E-state index contributed by atoms with van der Waals surface area (Å²) in [6, 6.07) is 7.96. The summed E-state index contributed by atoms with van der Waals surface area (Å²) in [5.74, 6) is -0.0156. The van der Waals surface area contributed by atoms with Gasteiger partial charge in [-0.3, -0.25) is 19.7 Å². The molecule has 0 spiro atoms. The molecule has 0 saturated carbocycles. The summed E-state index contributed by atoms with van der Waals surface area (Å²) in [6.45, 7) is 5.68. The molecule has 1 amide bonds. The molecule has 0 unspecified atom stereocenters. The van der Waals surface area contributed by atoms with E-state index in [0.717, 1.165) is 50.2 Å². The van der Waals surface area contributed by atoms with Crippen molar-refractivity contribution < 1.29 is 4.79 Å². The van der Waals surface area contributed by atoms with E-state index < -0.39 is 0 Å². The van der Waals surface area contributed by atoms with Gasteiger partial charge in [0.1, 0.15) is 5.52 Å². The summed E-state index contributed by atoms with van der Waals surface area (Å²) in [7, 11) is 0. The van der Waals surface area contributed by atoms with Crippen LogP contribution >= 0.6 is 0 Å². The highest BCUT2D eigenvalue weighted by Gasteiger charge is 2.19. The van der Waals surface area contributed by atoms with Crippen molar-refractivity contribution in [2.45, 2.75) is 6.42 Å². The molecule has 0 bridgehead atoms. The van der Waals surface area contributed by atoms with E-state index in [1.54, 1.807) is 30.9 Å². The van der Waals surface area contributed by atoms with Gasteiger partial charge in [0.05, 0.1) is 16.8 Å². The third kappa shape index (κ3) is 4.09. The van der Waals surface area contributed by atoms with Crippen LogP contribution in [-0.2, 0) is 0 Å². The van der Waals surface area contributed by atoms with Crippen molar-refractivity contribution in [3.8, 4) is 0 Å². The number of fused-ring (bicyclic) bond motifs is 1. The van der Waals surface area contributed by atoms with Crippen LogP contribution in [0.15, 0.2) is 49.1 Å². The Morgan fingerprint density at radius 2 is 1.96 bits per heavy atom. The molecule has 1 aliphatic rings. The summed E-state index contributed by atoms with van der Waals surface area (Å²) in [5, 5.41) is 2.97. The minimum atomic E-state index is -0.0156. The van der Waals surface area contributed by atoms with E-state index in [9.17, 15) is 4.79 Å². The Bertz CT molecular complexity index is 881. The molecule has 1 aliphatic heterocycles. The van der Waals surface area contributed by atoms with E-state index in [-0.39, 0.29) is 5.91 Å². The van der Waals surface area contributed by atoms with Crippen LogP contribution < -0.4 is 10.2 Å². The molecule has 1 fully saturated rings. The van der Waals surface area contributed by atoms with Crippen LogP contribution in [0.25, 0.3) is 11.0 Å². The first kappa shape index (κ1) is 17.5. The third-order valence-electron chi connectivity index (χ3n) is 4.99. The summed E-state index contributed by atoms with van der Waals surface area (Å²) >= 11 is 0. The molecule has 1 aromatic carbocycles. The minimum absolute atomic E-state index is 0.0156. The number of carbonyl (C=O) groups is 1. The predicted molar refractivity (Wildman–Crippen MR) is 106 cm³/mol. The molecule has 3 heterocycles. The minimum Gasteiger partial charge on any atom is -0.367 e. The number of para-hydroxylation sites is 1. The van der Waals surface area contributed by atoms with Crippen LogP contribution in [0.2, 0.25) is 0 Å². The van der Waals surface area contributed by atoms with Gasteiger partial charge in [-0.1, -0.05) is 6.07 Å². The molecule has 7 heteroatoms. The number of rotatable bonds is 6. The maximum atomic E-state index is 11.9. The topological polar surface area (TPSA) is 77.2 Å². The van der Waals surface area contributed by atoms with E-state index in [2.05, 4.69) is 36.1 Å². The second-order valence-corrected chi connectivity index (χ2v) is 6.74. The highest BCUT2D eigenvalue weighted by atomic mass is 16.1. The Labute approximate surface area is 158 Å². The first-order valence-electron chi connectivity index (χ1n) is 9.39. The molecule has 27 heavy (non-hydrogen) atoms. The van der Waals surface area contributed by atoms with Crippen molar-refractivity contribution in [3.05, 3.63) is 54.6 Å². The summed E-state index contributed by atoms with van der Waals surface area (Å²) in [4.78, 5) is 28.6. The molecule has 1 saturated heterocycles. The van der Waals surface area contributed by atoms with Gasteiger partial charge in [0.2, 0.25) is 0 Å². The van der Waals surface area contributed by atoms with Gasteiger partial charge >= 0.3 is 0 Å². The van der Waals surface area contributed by atoms with Gasteiger partial charge in [-0.2, -0.15) is 0 Å². The Morgan fingerprint density at radius 3 is 2.78 bits per heavy atom. The van der Waals surface area contributed by atoms with Crippen LogP contribution in [0.3, 0.4) is 0 Å². The molecule has 140 valence electrons. The second kappa shape index (κ2) is 8.18. The van der Waals surface area contributed by atoms with Gasteiger partial charge in [-0.15, -0.1) is 0 Å². The lowest BCUT2D eigenvalue weighted by atomic mass is 10.2. The van der Waals surface area contributed by atoms with E-state index in [1.165, 1.54) is 5.69 Å². The molecule has 0 atom stereocenters. The van der Waals surface area contributed by atoms with Crippen molar-refractivity contribution in [2.24, 2.45) is 0 Å². The zero-order valence-electron chi connectivity index (χ0n) is 15.3. The quantitative estimate of drug-likeness (QED) is 0.653. The molecular formula is C20H24N6O. The number of H-pyrrole nitrogens is 1. The van der Waals surface area contributed by atoms with Gasteiger partial charge in [-0.25, -0.2) is 0 Å². The smallest absolute Gasteiger partial charge is 0.252 e. The molecular weight excluding hydrogens is 340 g/mol. The summed E-state index contributed by atoms with van der Waals surface area (Å²) < 4.78 is 0. The van der Waals surface area contributed by atoms with Gasteiger partial charge < -0.3 is 15.2 Å². The summed E-state index contributed by atoms with van der Waals surface area (Å²) in [6.07, 6.45) is 7.92. The van der Waals surface area contributed by atoms with Gasteiger partial charge in [0.15, 0.2) is 0 Å². The number of hydrogen-bond acceptors (Lipinski definition) is 5. The number of hydrogen-bond donors (Lipinski definition) is 2. The fraction of sp³-hybridized carbons (Fsp3) is 0.350. The van der Waals surface area contributed by atoms with Crippen molar-refractivity contribution in [1.29, 1.82) is 0 Å². The van der Waals surface area contributed by atoms with Gasteiger partial charge in [-0.05, 0) is 31.2 Å². The molecule has 2 N–H and O–H groups in total. The van der Waals surface area contributed by atoms with Crippen molar-refractivity contribution in [1.82, 2.24) is 25.2 Å². The molecule has 3 aromatic rings. The highest BCUT2D eigenvalue weighted by molar-refractivity contribution is 5.93. The average molecular weight is 364 g/mol. The number of aromatic amines is 1. The molecule has 7 nitrogen and oxygen atoms in total. The number of carbonyl (C=O) groups excluding carboxylic acids is 1. The number of nitrogens with zero attached hydrogens (tertiary/aromatic N) is 4. The van der Waals surface area contributed by atoms with Crippen LogP contribution in [0.1, 0.15) is 16.8 Å². The number of benzene rings is 1. The van der Waals surface area contributed by atoms with Crippen LogP contribution in [0.4, 0.5) is 5.69 Å². The number of aromatic nitrogens is 3. The van der Waals surface area contributed by atoms with E-state index >= 15 is 0 Å². The fourth-order valence-electron chi connectivity index (χ4n) is 3.52. The Balaban J connectivity index is 1.24. The number of piperazine rings is 1. The van der Waals surface area contributed by atoms with Crippen LogP contribution in [-0.4, -0.2) is 65.0 Å². The van der Waals surface area contributed by atoms with Crippen molar-refractivity contribution in [3.63, 3.8) is 0 Å².